The fourth-order valence-electron chi connectivity index (χ4n) is 3.92. The summed E-state index contributed by atoms with van der Waals surface area (Å²) in [6, 6.07) is 8.02. The van der Waals surface area contributed by atoms with E-state index in [0.717, 1.165) is 5.56 Å². The summed E-state index contributed by atoms with van der Waals surface area (Å²) in [6.45, 7) is 2.15. The molecule has 5 atom stereocenters. The van der Waals surface area contributed by atoms with Crippen molar-refractivity contribution in [2.45, 2.75) is 24.9 Å². The lowest BCUT2D eigenvalue weighted by molar-refractivity contribution is -0.193. The van der Waals surface area contributed by atoms with Crippen LogP contribution in [0, 0.1) is 33.5 Å². The summed E-state index contributed by atoms with van der Waals surface area (Å²) in [7, 11) is 0. The maximum Gasteiger partial charge on any atom is 0.293 e. The van der Waals surface area contributed by atoms with E-state index in [0.29, 0.717) is 6.61 Å². The highest BCUT2D eigenvalue weighted by atomic mass is 16.8. The van der Waals surface area contributed by atoms with Crippen LogP contribution in [0.25, 0.3) is 0 Å². The fraction of sp³-hybridized carbons (Fsp3) is 0.467. The summed E-state index contributed by atoms with van der Waals surface area (Å²) in [5, 5.41) is 19.7. The Hall–Kier alpha value is -2.48. The smallest absolute Gasteiger partial charge is 0.293 e. The molecule has 2 fully saturated rings. The second kappa shape index (κ2) is 3.83. The van der Waals surface area contributed by atoms with Gasteiger partial charge in [-0.05, 0) is 24.6 Å². The molecule has 0 aromatic carbocycles. The minimum absolute atomic E-state index is 0.104. The van der Waals surface area contributed by atoms with Crippen LogP contribution in [0.15, 0.2) is 29.5 Å². The van der Waals surface area contributed by atoms with E-state index in [2.05, 4.69) is 22.1 Å². The number of aliphatic imine (C=N–C) groups is 1. The molecule has 22 heavy (non-hydrogen) atoms. The van der Waals surface area contributed by atoms with Crippen molar-refractivity contribution in [3.05, 3.63) is 30.1 Å². The zero-order valence-electron chi connectivity index (χ0n) is 11.9. The molecule has 1 saturated heterocycles. The average molecular weight is 295 g/mol. The van der Waals surface area contributed by atoms with Crippen LogP contribution < -0.4 is 5.73 Å². The first kappa shape index (κ1) is 13.2. The SMILES string of the molecule is CC1COC2(N=C(N)C3(C#N)C(c4ccncc4)C23C#N)O1. The Labute approximate surface area is 127 Å². The molecule has 3 aliphatic rings. The van der Waals surface area contributed by atoms with Crippen LogP contribution in [0.5, 0.6) is 0 Å². The highest BCUT2D eigenvalue weighted by molar-refractivity contribution is 6.00. The number of hydrogen-bond donors (Lipinski definition) is 1. The molecule has 0 amide bonds. The number of nitrogens with zero attached hydrogens (tertiary/aromatic N) is 4. The Bertz CT molecular complexity index is 766. The quantitative estimate of drug-likeness (QED) is 0.813. The van der Waals surface area contributed by atoms with Gasteiger partial charge in [-0.15, -0.1) is 0 Å². The van der Waals surface area contributed by atoms with E-state index in [1.807, 2.05) is 6.92 Å². The van der Waals surface area contributed by atoms with Gasteiger partial charge in [0.05, 0.1) is 24.8 Å². The summed E-state index contributed by atoms with van der Waals surface area (Å²) in [5.41, 5.74) is 4.39. The van der Waals surface area contributed by atoms with E-state index in [9.17, 15) is 10.5 Å². The molecule has 1 saturated carbocycles. The molecule has 1 aromatic heterocycles. The van der Waals surface area contributed by atoms with E-state index < -0.39 is 22.7 Å². The lowest BCUT2D eigenvalue weighted by atomic mass is 9.94. The minimum atomic E-state index is -1.49. The molecule has 0 bridgehead atoms. The summed E-state index contributed by atoms with van der Waals surface area (Å²) in [6.07, 6.45) is 3.03. The van der Waals surface area contributed by atoms with Crippen molar-refractivity contribution < 1.29 is 9.47 Å². The van der Waals surface area contributed by atoms with Gasteiger partial charge in [-0.25, -0.2) is 4.99 Å². The largest absolute Gasteiger partial charge is 0.386 e. The number of nitriles is 2. The number of hydrogen-bond acceptors (Lipinski definition) is 7. The van der Waals surface area contributed by atoms with E-state index in [1.54, 1.807) is 24.5 Å². The first-order valence-electron chi connectivity index (χ1n) is 6.98. The highest BCUT2D eigenvalue weighted by Gasteiger charge is 2.94. The maximum absolute atomic E-state index is 9.92. The molecule has 0 radical (unpaired) electrons. The normalized spacial score (nSPS) is 45.0. The molecule has 5 unspecified atom stereocenters. The monoisotopic (exact) mass is 295 g/mol. The van der Waals surface area contributed by atoms with Gasteiger partial charge >= 0.3 is 0 Å². The highest BCUT2D eigenvalue weighted by Crippen LogP contribution is 2.82. The van der Waals surface area contributed by atoms with Crippen molar-refractivity contribution in [3.63, 3.8) is 0 Å². The van der Waals surface area contributed by atoms with Gasteiger partial charge in [-0.3, -0.25) is 4.98 Å². The Morgan fingerprint density at radius 3 is 2.59 bits per heavy atom. The first-order valence-corrected chi connectivity index (χ1v) is 6.98. The van der Waals surface area contributed by atoms with Gasteiger partial charge in [0.15, 0.2) is 5.41 Å². The van der Waals surface area contributed by atoms with Crippen LogP contribution in [-0.2, 0) is 9.47 Å². The van der Waals surface area contributed by atoms with E-state index in [4.69, 9.17) is 15.2 Å². The van der Waals surface area contributed by atoms with Crippen LogP contribution in [0.4, 0.5) is 0 Å². The Morgan fingerprint density at radius 2 is 2.05 bits per heavy atom. The van der Waals surface area contributed by atoms with Crippen molar-refractivity contribution in [2.24, 2.45) is 21.6 Å². The van der Waals surface area contributed by atoms with Crippen molar-refractivity contribution in [1.82, 2.24) is 4.98 Å². The van der Waals surface area contributed by atoms with Crippen LogP contribution >= 0.6 is 0 Å². The molecular formula is C15H13N5O2. The molecule has 1 aromatic rings. The zero-order valence-corrected chi connectivity index (χ0v) is 11.9. The lowest BCUT2D eigenvalue weighted by Gasteiger charge is -2.26. The number of rotatable bonds is 1. The number of fused-ring (bicyclic) bond motifs is 2. The Kier molecular flexibility index (Phi) is 2.30. The van der Waals surface area contributed by atoms with Crippen LogP contribution in [0.1, 0.15) is 18.4 Å². The molecule has 7 heteroatoms. The molecule has 2 aliphatic heterocycles. The number of nitrogens with two attached hydrogens (primary N) is 1. The molecule has 3 heterocycles. The topological polar surface area (TPSA) is 117 Å². The summed E-state index contributed by atoms with van der Waals surface area (Å²) >= 11 is 0. The van der Waals surface area contributed by atoms with Gasteiger partial charge in [-0.1, -0.05) is 0 Å². The molecule has 1 aliphatic carbocycles. The average Bonchev–Trinajstić information content (AvgIpc) is 2.93. The van der Waals surface area contributed by atoms with Crippen molar-refractivity contribution in [3.8, 4) is 12.1 Å². The van der Waals surface area contributed by atoms with Gasteiger partial charge in [0, 0.05) is 18.3 Å². The van der Waals surface area contributed by atoms with Crippen molar-refractivity contribution in [2.75, 3.05) is 6.61 Å². The maximum atomic E-state index is 9.92. The number of ether oxygens (including phenoxy) is 2. The van der Waals surface area contributed by atoms with Crippen LogP contribution in [-0.4, -0.2) is 29.4 Å². The molecule has 1 spiro atoms. The summed E-state index contributed by atoms with van der Waals surface area (Å²) < 4.78 is 11.6. The lowest BCUT2D eigenvalue weighted by Crippen LogP contribution is -2.39. The molecule has 7 nitrogen and oxygen atoms in total. The predicted molar refractivity (Wildman–Crippen MR) is 73.9 cm³/mol. The first-order chi connectivity index (χ1) is 10.6. The zero-order chi connectivity index (χ0) is 15.6. The van der Waals surface area contributed by atoms with Crippen molar-refractivity contribution in [1.29, 1.82) is 10.5 Å². The van der Waals surface area contributed by atoms with Gasteiger partial charge in [0.2, 0.25) is 0 Å². The van der Waals surface area contributed by atoms with Crippen LogP contribution in [0.3, 0.4) is 0 Å². The standard InChI is InChI=1S/C15H13N5O2/c1-9-6-21-15(22-9)14(8-17)11(10-2-4-19-5-3-10)13(14,7-16)12(18)20-15/h2-5,9,11H,6H2,1H3,(H2,18,20). The third-order valence-electron chi connectivity index (χ3n) is 4.84. The predicted octanol–water partition coefficient (Wildman–Crippen LogP) is 0.659. The van der Waals surface area contributed by atoms with Gasteiger partial charge < -0.3 is 15.2 Å². The van der Waals surface area contributed by atoms with Crippen molar-refractivity contribution >= 4 is 5.84 Å². The van der Waals surface area contributed by atoms with Crippen LogP contribution in [0.2, 0.25) is 0 Å². The second-order valence-corrected chi connectivity index (χ2v) is 5.87. The fourth-order valence-corrected chi connectivity index (χ4v) is 3.92. The Morgan fingerprint density at radius 1 is 1.32 bits per heavy atom. The number of aromatic nitrogens is 1. The Balaban J connectivity index is 1.93. The molecule has 2 N–H and O–H groups in total. The molecule has 110 valence electrons. The third-order valence-corrected chi connectivity index (χ3v) is 4.84. The summed E-state index contributed by atoms with van der Waals surface area (Å²) in [5.74, 6) is -1.83. The van der Waals surface area contributed by atoms with Gasteiger partial charge in [0.25, 0.3) is 5.91 Å². The third kappa shape index (κ3) is 1.11. The summed E-state index contributed by atoms with van der Waals surface area (Å²) in [4.78, 5) is 8.23. The van der Waals surface area contributed by atoms with Gasteiger partial charge in [-0.2, -0.15) is 10.5 Å². The molecular weight excluding hydrogens is 282 g/mol. The van der Waals surface area contributed by atoms with E-state index in [1.165, 1.54) is 0 Å². The second-order valence-electron chi connectivity index (χ2n) is 5.87. The van der Waals surface area contributed by atoms with E-state index >= 15 is 0 Å². The number of amidine groups is 1. The number of pyridine rings is 1. The molecule has 4 rings (SSSR count). The van der Waals surface area contributed by atoms with Gasteiger partial charge in [0.1, 0.15) is 11.3 Å². The van der Waals surface area contributed by atoms with E-state index in [-0.39, 0.29) is 11.9 Å². The minimum Gasteiger partial charge on any atom is -0.386 e.